The van der Waals surface area contributed by atoms with Crippen LogP contribution in [0.25, 0.3) is 11.0 Å². The van der Waals surface area contributed by atoms with E-state index >= 15 is 0 Å². The fourth-order valence-electron chi connectivity index (χ4n) is 2.94. The molecule has 0 aliphatic carbocycles. The van der Waals surface area contributed by atoms with Crippen LogP contribution in [0, 0.1) is 0 Å². The number of piperazine rings is 1. The van der Waals surface area contributed by atoms with Gasteiger partial charge in [0.25, 0.3) is 0 Å². The molecule has 2 aliphatic heterocycles. The number of nitrogens with two attached hydrogens (primary N) is 1. The van der Waals surface area contributed by atoms with Crippen LogP contribution in [0.4, 0.5) is 5.95 Å². The van der Waals surface area contributed by atoms with E-state index in [0.717, 1.165) is 18.6 Å². The normalized spacial score (nSPS) is 20.7. The Hall–Kier alpha value is -1.20. The molecule has 3 heterocycles. The van der Waals surface area contributed by atoms with Crippen LogP contribution in [0.1, 0.15) is 6.04 Å². The predicted octanol–water partition coefficient (Wildman–Crippen LogP) is 0.708. The van der Waals surface area contributed by atoms with Gasteiger partial charge in [0.2, 0.25) is 5.95 Å². The number of fused-ring (bicyclic) bond motifs is 1. The lowest BCUT2D eigenvalue weighted by Gasteiger charge is -2.33. The first-order valence-corrected chi connectivity index (χ1v) is 8.20. The number of rotatable bonds is 2. The monoisotopic (exact) mass is 275 g/mol. The molecule has 2 N–H and O–H groups in total. The van der Waals surface area contributed by atoms with Gasteiger partial charge in [-0.3, -0.25) is 0 Å². The van der Waals surface area contributed by atoms with E-state index < -0.39 is 0 Å². The molecule has 100 valence electrons. The van der Waals surface area contributed by atoms with E-state index in [0.29, 0.717) is 6.04 Å². The number of nitrogens with zero attached hydrogens (tertiary/aromatic N) is 3. The predicted molar refractivity (Wildman–Crippen MR) is 80.0 cm³/mol. The van der Waals surface area contributed by atoms with Gasteiger partial charge in [0.05, 0.1) is 43.3 Å². The molecule has 1 aromatic carbocycles. The van der Waals surface area contributed by atoms with Gasteiger partial charge in [0, 0.05) is 11.5 Å². The van der Waals surface area contributed by atoms with Crippen molar-refractivity contribution in [2.75, 3.05) is 42.6 Å². The Balaban J connectivity index is 1.83. The van der Waals surface area contributed by atoms with Crippen LogP contribution in [-0.2, 0) is 0 Å². The number of imidazole rings is 1. The summed E-state index contributed by atoms with van der Waals surface area (Å²) >= 11 is 2.03. The third-order valence-electron chi connectivity index (χ3n) is 4.05. The quantitative estimate of drug-likeness (QED) is 0.877. The number of aromatic nitrogens is 2. The summed E-state index contributed by atoms with van der Waals surface area (Å²) in [5.41, 5.74) is 2.45. The smallest absolute Gasteiger partial charge is 0.207 e. The SMILES string of the molecule is c1ccc2c(c1)nc(N1CC[NH2+]CC1)n2C1CSC1. The number of benzene rings is 1. The molecule has 0 unspecified atom stereocenters. The highest BCUT2D eigenvalue weighted by Crippen LogP contribution is 2.36. The second-order valence-electron chi connectivity index (χ2n) is 5.31. The summed E-state index contributed by atoms with van der Waals surface area (Å²) in [5.74, 6) is 3.65. The molecule has 0 amide bonds. The molecule has 4 nitrogen and oxygen atoms in total. The standard InChI is InChI=1S/C14H18N4S/c1-2-4-13-12(3-1)16-14(17-7-5-15-6-8-17)18(13)11-9-19-10-11/h1-4,11,15H,5-10H2/p+1. The summed E-state index contributed by atoms with van der Waals surface area (Å²) in [6.45, 7) is 4.59. The van der Waals surface area contributed by atoms with E-state index in [1.165, 1.54) is 36.1 Å². The highest BCUT2D eigenvalue weighted by atomic mass is 32.2. The number of anilines is 1. The minimum atomic E-state index is 0.637. The Morgan fingerprint density at radius 2 is 1.95 bits per heavy atom. The van der Waals surface area contributed by atoms with E-state index in [1.807, 2.05) is 11.8 Å². The van der Waals surface area contributed by atoms with Gasteiger partial charge >= 0.3 is 0 Å². The van der Waals surface area contributed by atoms with Crippen LogP contribution in [0.15, 0.2) is 24.3 Å². The maximum absolute atomic E-state index is 4.90. The van der Waals surface area contributed by atoms with E-state index in [-0.39, 0.29) is 0 Å². The van der Waals surface area contributed by atoms with Gasteiger partial charge in [-0.25, -0.2) is 4.98 Å². The first kappa shape index (κ1) is 11.6. The number of hydrogen-bond donors (Lipinski definition) is 1. The largest absolute Gasteiger partial charge is 0.343 e. The molecule has 2 fully saturated rings. The highest BCUT2D eigenvalue weighted by Gasteiger charge is 2.28. The zero-order valence-corrected chi connectivity index (χ0v) is 11.8. The summed E-state index contributed by atoms with van der Waals surface area (Å²) in [4.78, 5) is 7.37. The Morgan fingerprint density at radius 3 is 2.68 bits per heavy atom. The van der Waals surface area contributed by atoms with Gasteiger partial charge in [-0.1, -0.05) is 12.1 Å². The second kappa shape index (κ2) is 4.72. The topological polar surface area (TPSA) is 37.7 Å². The van der Waals surface area contributed by atoms with Crippen molar-refractivity contribution < 1.29 is 5.32 Å². The zero-order chi connectivity index (χ0) is 12.7. The van der Waals surface area contributed by atoms with Gasteiger partial charge in [-0.2, -0.15) is 11.8 Å². The van der Waals surface area contributed by atoms with Gasteiger partial charge in [0.1, 0.15) is 0 Å². The Bertz CT molecular complexity index is 584. The minimum Gasteiger partial charge on any atom is -0.343 e. The van der Waals surface area contributed by atoms with E-state index in [2.05, 4.69) is 39.0 Å². The Kier molecular flexibility index (Phi) is 2.89. The van der Waals surface area contributed by atoms with E-state index in [9.17, 15) is 0 Å². The Morgan fingerprint density at radius 1 is 1.16 bits per heavy atom. The lowest BCUT2D eigenvalue weighted by atomic mass is 10.3. The van der Waals surface area contributed by atoms with Crippen molar-refractivity contribution in [2.45, 2.75) is 6.04 Å². The Labute approximate surface area is 117 Å². The number of para-hydroxylation sites is 2. The van der Waals surface area contributed by atoms with Crippen LogP contribution in [0.2, 0.25) is 0 Å². The molecule has 19 heavy (non-hydrogen) atoms. The number of thioether (sulfide) groups is 1. The van der Waals surface area contributed by atoms with Crippen molar-refractivity contribution in [2.24, 2.45) is 0 Å². The maximum atomic E-state index is 4.90. The van der Waals surface area contributed by atoms with Crippen molar-refractivity contribution in [3.63, 3.8) is 0 Å². The van der Waals surface area contributed by atoms with Crippen LogP contribution >= 0.6 is 11.8 Å². The second-order valence-corrected chi connectivity index (χ2v) is 6.39. The summed E-state index contributed by atoms with van der Waals surface area (Å²) in [5, 5.41) is 2.39. The van der Waals surface area contributed by atoms with Crippen LogP contribution in [0.3, 0.4) is 0 Å². The summed E-state index contributed by atoms with van der Waals surface area (Å²) < 4.78 is 2.48. The molecule has 0 bridgehead atoms. The maximum Gasteiger partial charge on any atom is 0.207 e. The molecule has 2 aliphatic rings. The van der Waals surface area contributed by atoms with Crippen molar-refractivity contribution in [1.29, 1.82) is 0 Å². The van der Waals surface area contributed by atoms with Crippen molar-refractivity contribution >= 4 is 28.7 Å². The molecular weight excluding hydrogens is 256 g/mol. The molecule has 4 rings (SSSR count). The molecule has 0 radical (unpaired) electrons. The molecular formula is C14H19N4S+. The fraction of sp³-hybridized carbons (Fsp3) is 0.500. The fourth-order valence-corrected chi connectivity index (χ4v) is 3.68. The summed E-state index contributed by atoms with van der Waals surface area (Å²) in [6.07, 6.45) is 0. The molecule has 0 atom stereocenters. The third-order valence-corrected chi connectivity index (χ3v) is 5.29. The highest BCUT2D eigenvalue weighted by molar-refractivity contribution is 8.00. The van der Waals surface area contributed by atoms with E-state index in [1.54, 1.807) is 0 Å². The van der Waals surface area contributed by atoms with Crippen molar-refractivity contribution in [3.05, 3.63) is 24.3 Å². The minimum absolute atomic E-state index is 0.637. The molecule has 0 spiro atoms. The summed E-state index contributed by atoms with van der Waals surface area (Å²) in [6, 6.07) is 9.20. The summed E-state index contributed by atoms with van der Waals surface area (Å²) in [7, 11) is 0. The van der Waals surface area contributed by atoms with Crippen LogP contribution in [-0.4, -0.2) is 47.2 Å². The average molecular weight is 275 g/mol. The number of hydrogen-bond acceptors (Lipinski definition) is 3. The van der Waals surface area contributed by atoms with Gasteiger partial charge in [-0.15, -0.1) is 0 Å². The number of quaternary nitrogens is 1. The van der Waals surface area contributed by atoms with Gasteiger partial charge in [0.15, 0.2) is 0 Å². The molecule has 0 saturated carbocycles. The van der Waals surface area contributed by atoms with E-state index in [4.69, 9.17) is 4.98 Å². The van der Waals surface area contributed by atoms with Gasteiger partial charge < -0.3 is 14.8 Å². The lowest BCUT2D eigenvalue weighted by molar-refractivity contribution is -0.655. The van der Waals surface area contributed by atoms with Crippen molar-refractivity contribution in [3.8, 4) is 0 Å². The molecule has 2 saturated heterocycles. The molecule has 5 heteroatoms. The third kappa shape index (κ3) is 1.92. The van der Waals surface area contributed by atoms with Crippen molar-refractivity contribution in [1.82, 2.24) is 9.55 Å². The van der Waals surface area contributed by atoms with Crippen LogP contribution in [0.5, 0.6) is 0 Å². The first-order valence-electron chi connectivity index (χ1n) is 7.05. The molecule has 1 aromatic heterocycles. The average Bonchev–Trinajstić information content (AvgIpc) is 2.78. The van der Waals surface area contributed by atoms with Gasteiger partial charge in [-0.05, 0) is 12.1 Å². The first-order chi connectivity index (χ1) is 9.43. The zero-order valence-electron chi connectivity index (χ0n) is 11.0. The lowest BCUT2D eigenvalue weighted by Crippen LogP contribution is -2.89. The van der Waals surface area contributed by atoms with Crippen LogP contribution < -0.4 is 10.2 Å². The molecule has 2 aromatic rings.